The first-order valence-corrected chi connectivity index (χ1v) is 11.2. The molecule has 1 aliphatic heterocycles. The third-order valence-electron chi connectivity index (χ3n) is 4.79. The SMILES string of the molecule is COC(=O)[C@@H](CCO[Si](C)(C)C(C)(C)C)NC(=O)[C@@H]1CCC(=O)N1. The summed E-state index contributed by atoms with van der Waals surface area (Å²) in [6.07, 6.45) is 1.11. The molecular formula is C16H30N2O5Si. The molecular weight excluding hydrogens is 328 g/mol. The van der Waals surface area contributed by atoms with E-state index in [-0.39, 0.29) is 16.9 Å². The van der Waals surface area contributed by atoms with E-state index < -0.39 is 26.4 Å². The number of carbonyl (C=O) groups excluding carboxylic acids is 3. The molecule has 2 amide bonds. The van der Waals surface area contributed by atoms with Gasteiger partial charge in [-0.1, -0.05) is 20.8 Å². The normalized spacial score (nSPS) is 19.6. The van der Waals surface area contributed by atoms with Gasteiger partial charge in [-0.25, -0.2) is 4.79 Å². The van der Waals surface area contributed by atoms with Crippen LogP contribution in [0.25, 0.3) is 0 Å². The first-order chi connectivity index (χ1) is 11.0. The van der Waals surface area contributed by atoms with Crippen LogP contribution in [0.3, 0.4) is 0 Å². The molecule has 0 radical (unpaired) electrons. The van der Waals surface area contributed by atoms with Crippen LogP contribution in [-0.2, 0) is 23.5 Å². The Kier molecular flexibility index (Phi) is 6.97. The van der Waals surface area contributed by atoms with Crippen molar-refractivity contribution in [3.63, 3.8) is 0 Å². The average molecular weight is 359 g/mol. The van der Waals surface area contributed by atoms with Gasteiger partial charge in [0, 0.05) is 19.4 Å². The van der Waals surface area contributed by atoms with Gasteiger partial charge in [-0.2, -0.15) is 0 Å². The van der Waals surface area contributed by atoms with E-state index in [4.69, 9.17) is 9.16 Å². The molecule has 0 saturated carbocycles. The third-order valence-corrected chi connectivity index (χ3v) is 9.33. The molecule has 1 fully saturated rings. The number of amides is 2. The van der Waals surface area contributed by atoms with Crippen molar-refractivity contribution in [1.82, 2.24) is 10.6 Å². The molecule has 0 aromatic carbocycles. The maximum absolute atomic E-state index is 12.2. The quantitative estimate of drug-likeness (QED) is 0.529. The average Bonchev–Trinajstić information content (AvgIpc) is 2.90. The monoisotopic (exact) mass is 358 g/mol. The van der Waals surface area contributed by atoms with Crippen LogP contribution < -0.4 is 10.6 Å². The third kappa shape index (κ3) is 5.59. The lowest BCUT2D eigenvalue weighted by Crippen LogP contribution is -2.50. The van der Waals surface area contributed by atoms with Crippen LogP contribution in [0.5, 0.6) is 0 Å². The van der Waals surface area contributed by atoms with E-state index in [1.165, 1.54) is 7.11 Å². The number of carbonyl (C=O) groups is 3. The highest BCUT2D eigenvalue weighted by atomic mass is 28.4. The minimum atomic E-state index is -1.91. The molecule has 0 aliphatic carbocycles. The highest BCUT2D eigenvalue weighted by molar-refractivity contribution is 6.74. The van der Waals surface area contributed by atoms with E-state index in [0.29, 0.717) is 25.9 Å². The topological polar surface area (TPSA) is 93.7 Å². The molecule has 1 rings (SSSR count). The second-order valence-corrected chi connectivity index (χ2v) is 12.4. The van der Waals surface area contributed by atoms with Crippen LogP contribution in [0.2, 0.25) is 18.1 Å². The Morgan fingerprint density at radius 1 is 1.38 bits per heavy atom. The molecule has 0 bridgehead atoms. The van der Waals surface area contributed by atoms with E-state index >= 15 is 0 Å². The Morgan fingerprint density at radius 3 is 2.46 bits per heavy atom. The van der Waals surface area contributed by atoms with Crippen LogP contribution in [-0.4, -0.2) is 51.9 Å². The number of nitrogens with one attached hydrogen (secondary N) is 2. The first-order valence-electron chi connectivity index (χ1n) is 8.29. The highest BCUT2D eigenvalue weighted by Crippen LogP contribution is 2.36. The smallest absolute Gasteiger partial charge is 0.328 e. The fraction of sp³-hybridized carbons (Fsp3) is 0.812. The zero-order valence-electron chi connectivity index (χ0n) is 15.5. The Balaban J connectivity index is 2.58. The summed E-state index contributed by atoms with van der Waals surface area (Å²) in [6, 6.07) is -1.35. The molecule has 2 N–H and O–H groups in total. The molecule has 1 aliphatic rings. The van der Waals surface area contributed by atoms with E-state index in [0.717, 1.165) is 0 Å². The van der Waals surface area contributed by atoms with Gasteiger partial charge in [0.25, 0.3) is 0 Å². The van der Waals surface area contributed by atoms with Gasteiger partial charge in [0.15, 0.2) is 8.32 Å². The summed E-state index contributed by atoms with van der Waals surface area (Å²) in [5, 5.41) is 5.33. The molecule has 2 atom stereocenters. The van der Waals surface area contributed by atoms with Crippen LogP contribution >= 0.6 is 0 Å². The van der Waals surface area contributed by atoms with Crippen molar-refractivity contribution in [3.8, 4) is 0 Å². The number of esters is 1. The van der Waals surface area contributed by atoms with Gasteiger partial charge in [-0.05, 0) is 24.6 Å². The lowest BCUT2D eigenvalue weighted by molar-refractivity contribution is -0.145. The summed E-state index contributed by atoms with van der Waals surface area (Å²) in [7, 11) is -0.628. The standard InChI is InChI=1S/C16H30N2O5Si/c1-16(2,3)24(5,6)23-10-9-12(15(21)22-4)18-14(20)11-7-8-13(19)17-11/h11-12H,7-10H2,1-6H3,(H,17,19)(H,18,20)/t11-,12+/m0/s1. The summed E-state index contributed by atoms with van der Waals surface area (Å²) in [5.74, 6) is -1.01. The molecule has 7 nitrogen and oxygen atoms in total. The number of hydrogen-bond donors (Lipinski definition) is 2. The van der Waals surface area contributed by atoms with Gasteiger partial charge in [-0.15, -0.1) is 0 Å². The molecule has 0 aromatic heterocycles. The Hall–Kier alpha value is -1.41. The predicted molar refractivity (Wildman–Crippen MR) is 92.9 cm³/mol. The molecule has 0 aromatic rings. The van der Waals surface area contributed by atoms with Crippen LogP contribution in [0.4, 0.5) is 0 Å². The Morgan fingerprint density at radius 2 is 2.00 bits per heavy atom. The van der Waals surface area contributed by atoms with Gasteiger partial charge in [0.1, 0.15) is 12.1 Å². The molecule has 1 saturated heterocycles. The second-order valence-electron chi connectivity index (χ2n) is 7.64. The number of rotatable bonds is 7. The van der Waals surface area contributed by atoms with Crippen molar-refractivity contribution in [2.75, 3.05) is 13.7 Å². The number of methoxy groups -OCH3 is 1. The fourth-order valence-electron chi connectivity index (χ4n) is 2.12. The number of ether oxygens (including phenoxy) is 1. The van der Waals surface area contributed by atoms with Gasteiger partial charge in [-0.3, -0.25) is 9.59 Å². The maximum Gasteiger partial charge on any atom is 0.328 e. The summed E-state index contributed by atoms with van der Waals surface area (Å²) in [4.78, 5) is 35.3. The molecule has 1 heterocycles. The predicted octanol–water partition coefficient (Wildman–Crippen LogP) is 1.33. The van der Waals surface area contributed by atoms with Gasteiger partial charge < -0.3 is 19.8 Å². The van der Waals surface area contributed by atoms with Crippen molar-refractivity contribution in [2.45, 2.75) is 70.2 Å². The Labute approximate surface area is 145 Å². The summed E-state index contributed by atoms with van der Waals surface area (Å²) in [5.41, 5.74) is 0. The van der Waals surface area contributed by atoms with E-state index in [1.54, 1.807) is 0 Å². The van der Waals surface area contributed by atoms with Gasteiger partial charge in [0.2, 0.25) is 11.8 Å². The van der Waals surface area contributed by atoms with E-state index in [9.17, 15) is 14.4 Å². The lowest BCUT2D eigenvalue weighted by atomic mass is 10.1. The zero-order chi connectivity index (χ0) is 18.5. The van der Waals surface area contributed by atoms with E-state index in [1.807, 2.05) is 0 Å². The largest absolute Gasteiger partial charge is 0.467 e. The fourth-order valence-corrected chi connectivity index (χ4v) is 3.18. The van der Waals surface area contributed by atoms with E-state index in [2.05, 4.69) is 44.5 Å². The minimum absolute atomic E-state index is 0.0745. The lowest BCUT2D eigenvalue weighted by Gasteiger charge is -2.36. The summed E-state index contributed by atoms with van der Waals surface area (Å²) in [6.45, 7) is 11.1. The molecule has 24 heavy (non-hydrogen) atoms. The van der Waals surface area contributed by atoms with Crippen molar-refractivity contribution in [3.05, 3.63) is 0 Å². The van der Waals surface area contributed by atoms with Crippen LogP contribution in [0.15, 0.2) is 0 Å². The van der Waals surface area contributed by atoms with Crippen molar-refractivity contribution < 1.29 is 23.5 Å². The maximum atomic E-state index is 12.2. The van der Waals surface area contributed by atoms with Gasteiger partial charge in [0.05, 0.1) is 7.11 Å². The summed E-state index contributed by atoms with van der Waals surface area (Å²) < 4.78 is 10.8. The van der Waals surface area contributed by atoms with Gasteiger partial charge >= 0.3 is 5.97 Å². The Bertz CT molecular complexity index is 487. The van der Waals surface area contributed by atoms with Crippen molar-refractivity contribution in [2.24, 2.45) is 0 Å². The molecule has 0 unspecified atom stereocenters. The second kappa shape index (κ2) is 8.11. The zero-order valence-corrected chi connectivity index (χ0v) is 16.5. The van der Waals surface area contributed by atoms with Crippen molar-refractivity contribution in [1.29, 1.82) is 0 Å². The number of hydrogen-bond acceptors (Lipinski definition) is 5. The summed E-state index contributed by atoms with van der Waals surface area (Å²) >= 11 is 0. The molecule has 0 spiro atoms. The van der Waals surface area contributed by atoms with Crippen LogP contribution in [0, 0.1) is 0 Å². The molecule has 8 heteroatoms. The van der Waals surface area contributed by atoms with Crippen LogP contribution in [0.1, 0.15) is 40.0 Å². The minimum Gasteiger partial charge on any atom is -0.467 e. The van der Waals surface area contributed by atoms with Crippen molar-refractivity contribution >= 4 is 26.1 Å². The highest BCUT2D eigenvalue weighted by Gasteiger charge is 2.37. The first kappa shape index (κ1) is 20.6. The molecule has 138 valence electrons.